The zero-order chi connectivity index (χ0) is 32.8. The fourth-order valence-electron chi connectivity index (χ4n) is 8.38. The van der Waals surface area contributed by atoms with E-state index in [-0.39, 0.29) is 0 Å². The van der Waals surface area contributed by atoms with Gasteiger partial charge >= 0.3 is 0 Å². The average Bonchev–Trinajstić information content (AvgIpc) is 3.04. The van der Waals surface area contributed by atoms with Gasteiger partial charge in [-0.3, -0.25) is 0 Å². The predicted molar refractivity (Wildman–Crippen MR) is 200 cm³/mol. The molecule has 0 N–H and O–H groups in total. The summed E-state index contributed by atoms with van der Waals surface area (Å²) < 4.78 is 0. The van der Waals surface area contributed by atoms with Crippen molar-refractivity contribution in [2.75, 3.05) is 0 Å². The maximum Gasteiger partial charge on any atom is -0.00230 e. The molecule has 6 atom stereocenters. The maximum absolute atomic E-state index is 2.69. The van der Waals surface area contributed by atoms with Gasteiger partial charge in [0.1, 0.15) is 0 Å². The fourth-order valence-corrected chi connectivity index (χ4v) is 8.38. The molecule has 0 aromatic heterocycles. The average molecular weight is 603 g/mol. The van der Waals surface area contributed by atoms with E-state index in [1.165, 1.54) is 88.2 Å². The molecule has 1 aliphatic rings. The van der Waals surface area contributed by atoms with Gasteiger partial charge in [0.25, 0.3) is 0 Å². The van der Waals surface area contributed by atoms with Gasteiger partial charge in [0.15, 0.2) is 0 Å². The zero-order valence-electron chi connectivity index (χ0n) is 31.6. The molecular weight excluding hydrogens is 528 g/mol. The minimum absolute atomic E-state index is 0.537. The van der Waals surface area contributed by atoms with Crippen LogP contribution in [0.15, 0.2) is 58.7 Å². The SMILES string of the molecule is CCCCCC(CCCC=C(CC(C)c1ccc(C(CC)C(C)CC)cc1)C(C=C(C)C1C(C)C(C)C1C)CC)=C(C)CC. The van der Waals surface area contributed by atoms with E-state index in [2.05, 4.69) is 120 Å². The van der Waals surface area contributed by atoms with Crippen LogP contribution >= 0.6 is 0 Å². The molecule has 1 aromatic rings. The van der Waals surface area contributed by atoms with Crippen LogP contribution in [0.2, 0.25) is 0 Å². The molecule has 0 radical (unpaired) electrons. The normalized spacial score (nSPS) is 24.4. The second-order valence-electron chi connectivity index (χ2n) is 15.1. The Morgan fingerprint density at radius 2 is 1.36 bits per heavy atom. The molecular formula is C44H74. The number of hydrogen-bond acceptors (Lipinski definition) is 0. The summed E-state index contributed by atoms with van der Waals surface area (Å²) in [6.45, 7) is 28.9. The van der Waals surface area contributed by atoms with Crippen LogP contribution in [0.4, 0.5) is 0 Å². The Kier molecular flexibility index (Phi) is 17.4. The van der Waals surface area contributed by atoms with Crippen molar-refractivity contribution in [1.82, 2.24) is 0 Å². The first-order chi connectivity index (χ1) is 21.0. The molecule has 0 bridgehead atoms. The molecule has 250 valence electrons. The molecule has 1 aromatic carbocycles. The van der Waals surface area contributed by atoms with Crippen molar-refractivity contribution in [3.8, 4) is 0 Å². The first kappa shape index (κ1) is 38.6. The number of rotatable bonds is 20. The minimum Gasteiger partial charge on any atom is -0.0847 e. The highest BCUT2D eigenvalue weighted by Gasteiger charge is 2.42. The third-order valence-corrected chi connectivity index (χ3v) is 12.2. The molecule has 0 heteroatoms. The molecule has 1 saturated carbocycles. The molecule has 44 heavy (non-hydrogen) atoms. The second-order valence-corrected chi connectivity index (χ2v) is 15.1. The highest BCUT2D eigenvalue weighted by molar-refractivity contribution is 5.30. The van der Waals surface area contributed by atoms with Crippen molar-refractivity contribution in [3.63, 3.8) is 0 Å². The van der Waals surface area contributed by atoms with E-state index in [0.29, 0.717) is 17.8 Å². The van der Waals surface area contributed by atoms with Crippen LogP contribution in [-0.4, -0.2) is 0 Å². The highest BCUT2D eigenvalue weighted by atomic mass is 14.5. The fraction of sp³-hybridized carbons (Fsp3) is 0.727. The smallest absolute Gasteiger partial charge is 0.00230 e. The zero-order valence-corrected chi connectivity index (χ0v) is 31.6. The lowest BCUT2D eigenvalue weighted by molar-refractivity contribution is 0.0429. The second kappa shape index (κ2) is 19.8. The Balaban J connectivity index is 2.28. The van der Waals surface area contributed by atoms with Gasteiger partial charge in [-0.25, -0.2) is 0 Å². The monoisotopic (exact) mass is 603 g/mol. The van der Waals surface area contributed by atoms with Crippen LogP contribution in [0.1, 0.15) is 183 Å². The summed E-state index contributed by atoms with van der Waals surface area (Å²) in [4.78, 5) is 0. The Labute approximate surface area is 276 Å². The summed E-state index contributed by atoms with van der Waals surface area (Å²) in [7, 11) is 0. The molecule has 0 saturated heterocycles. The molecule has 2 rings (SSSR count). The Morgan fingerprint density at radius 3 is 1.91 bits per heavy atom. The Hall–Kier alpha value is -1.56. The van der Waals surface area contributed by atoms with Crippen molar-refractivity contribution in [2.45, 2.75) is 172 Å². The van der Waals surface area contributed by atoms with E-state index >= 15 is 0 Å². The molecule has 1 aliphatic carbocycles. The van der Waals surface area contributed by atoms with E-state index in [0.717, 1.165) is 29.6 Å². The molecule has 0 heterocycles. The maximum atomic E-state index is 2.69. The predicted octanol–water partition coefficient (Wildman–Crippen LogP) is 14.6. The summed E-state index contributed by atoms with van der Waals surface area (Å²) in [6.07, 6.45) is 20.5. The molecule has 0 amide bonds. The van der Waals surface area contributed by atoms with Crippen molar-refractivity contribution < 1.29 is 0 Å². The van der Waals surface area contributed by atoms with Gasteiger partial charge < -0.3 is 0 Å². The lowest BCUT2D eigenvalue weighted by Gasteiger charge is -2.49. The lowest BCUT2D eigenvalue weighted by atomic mass is 9.56. The van der Waals surface area contributed by atoms with Crippen LogP contribution in [0.25, 0.3) is 0 Å². The molecule has 0 nitrogen and oxygen atoms in total. The van der Waals surface area contributed by atoms with Gasteiger partial charge in [-0.2, -0.15) is 0 Å². The van der Waals surface area contributed by atoms with E-state index in [4.69, 9.17) is 0 Å². The van der Waals surface area contributed by atoms with Crippen LogP contribution in [-0.2, 0) is 0 Å². The van der Waals surface area contributed by atoms with Crippen molar-refractivity contribution in [1.29, 1.82) is 0 Å². The van der Waals surface area contributed by atoms with Crippen LogP contribution < -0.4 is 0 Å². The number of hydrogen-bond donors (Lipinski definition) is 0. The topological polar surface area (TPSA) is 0 Å². The van der Waals surface area contributed by atoms with E-state index in [9.17, 15) is 0 Å². The third-order valence-electron chi connectivity index (χ3n) is 12.2. The van der Waals surface area contributed by atoms with Crippen molar-refractivity contribution >= 4 is 0 Å². The summed E-state index contributed by atoms with van der Waals surface area (Å²) >= 11 is 0. The van der Waals surface area contributed by atoms with Crippen LogP contribution in [0, 0.1) is 35.5 Å². The lowest BCUT2D eigenvalue weighted by Crippen LogP contribution is -2.42. The first-order valence-electron chi connectivity index (χ1n) is 19.2. The van der Waals surface area contributed by atoms with E-state index in [1.807, 2.05) is 0 Å². The number of benzene rings is 1. The Morgan fingerprint density at radius 1 is 0.750 bits per heavy atom. The minimum atomic E-state index is 0.537. The largest absolute Gasteiger partial charge is 0.0847 e. The van der Waals surface area contributed by atoms with Gasteiger partial charge in [-0.05, 0) is 130 Å². The quantitative estimate of drug-likeness (QED) is 0.103. The summed E-state index contributed by atoms with van der Waals surface area (Å²) in [5.41, 5.74) is 9.76. The van der Waals surface area contributed by atoms with E-state index in [1.54, 1.807) is 22.3 Å². The summed E-state index contributed by atoms with van der Waals surface area (Å²) in [6, 6.07) is 9.79. The van der Waals surface area contributed by atoms with Gasteiger partial charge in [0.05, 0.1) is 0 Å². The van der Waals surface area contributed by atoms with Crippen LogP contribution in [0.5, 0.6) is 0 Å². The standard InChI is InChI=1S/C44H74/c1-13-18-19-22-39(31(6)14-2)23-20-21-24-42(38(16-4)30-34(9)44-36(11)35(10)37(44)12)29-33(8)40-25-27-41(28-26-40)43(17-5)32(7)15-3/h24-28,30,32-33,35-38,43-44H,13-23,29H2,1-12H3. The number of allylic oxidation sites excluding steroid dienone is 6. The van der Waals surface area contributed by atoms with Crippen LogP contribution in [0.3, 0.4) is 0 Å². The molecule has 0 spiro atoms. The molecule has 1 fully saturated rings. The summed E-state index contributed by atoms with van der Waals surface area (Å²) in [5.74, 6) is 5.74. The first-order valence-corrected chi connectivity index (χ1v) is 19.2. The van der Waals surface area contributed by atoms with Crippen molar-refractivity contribution in [2.24, 2.45) is 35.5 Å². The number of unbranched alkanes of at least 4 members (excludes halogenated alkanes) is 3. The van der Waals surface area contributed by atoms with Crippen molar-refractivity contribution in [3.05, 3.63) is 69.8 Å². The van der Waals surface area contributed by atoms with Gasteiger partial charge in [0, 0.05) is 0 Å². The van der Waals surface area contributed by atoms with Gasteiger partial charge in [0.2, 0.25) is 0 Å². The van der Waals surface area contributed by atoms with Gasteiger partial charge in [-0.15, -0.1) is 0 Å². The highest BCUT2D eigenvalue weighted by Crippen LogP contribution is 2.49. The third kappa shape index (κ3) is 10.8. The Bertz CT molecular complexity index is 1020. The molecule has 0 aliphatic heterocycles. The molecule has 6 unspecified atom stereocenters. The van der Waals surface area contributed by atoms with E-state index < -0.39 is 0 Å². The summed E-state index contributed by atoms with van der Waals surface area (Å²) in [5, 5.41) is 0. The van der Waals surface area contributed by atoms with Gasteiger partial charge in [-0.1, -0.05) is 147 Å².